The van der Waals surface area contributed by atoms with E-state index in [0.717, 1.165) is 12.5 Å². The van der Waals surface area contributed by atoms with E-state index >= 15 is 0 Å². The molecule has 2 rings (SSSR count). The molecule has 19 heavy (non-hydrogen) atoms. The normalized spacial score (nSPS) is 14.7. The predicted octanol–water partition coefficient (Wildman–Crippen LogP) is 1.42. The molecule has 1 saturated heterocycles. The van der Waals surface area contributed by atoms with E-state index in [2.05, 4.69) is 0 Å². The van der Waals surface area contributed by atoms with Gasteiger partial charge in [-0.1, -0.05) is 12.1 Å². The maximum Gasteiger partial charge on any atom is 0.343 e. The van der Waals surface area contributed by atoms with Crippen molar-refractivity contribution in [3.05, 3.63) is 39.4 Å². The van der Waals surface area contributed by atoms with E-state index in [9.17, 15) is 19.7 Å². The predicted molar refractivity (Wildman–Crippen MR) is 64.7 cm³/mol. The highest BCUT2D eigenvalue weighted by Crippen LogP contribution is 2.25. The Balaban J connectivity index is 2.39. The number of rotatable bonds is 4. The van der Waals surface area contributed by atoms with Crippen LogP contribution >= 0.6 is 0 Å². The lowest BCUT2D eigenvalue weighted by atomic mass is 10.0. The van der Waals surface area contributed by atoms with Crippen molar-refractivity contribution < 1.29 is 19.6 Å². The van der Waals surface area contributed by atoms with Crippen LogP contribution in [0.2, 0.25) is 0 Å². The molecule has 1 aromatic rings. The first-order valence-electron chi connectivity index (χ1n) is 5.78. The van der Waals surface area contributed by atoms with Crippen molar-refractivity contribution in [3.8, 4) is 0 Å². The van der Waals surface area contributed by atoms with E-state index in [4.69, 9.17) is 5.11 Å². The Kier molecular flexibility index (Phi) is 3.46. The molecular weight excluding hydrogens is 252 g/mol. The second-order valence-electron chi connectivity index (χ2n) is 4.29. The standard InChI is InChI=1S/C12H12N2O5/c15-10-5-2-6-13(10)7-8-3-1-4-9(14(18)19)11(8)12(16)17/h1,3-4H,2,5-7H2,(H,16,17). The van der Waals surface area contributed by atoms with Gasteiger partial charge >= 0.3 is 5.97 Å². The molecule has 0 aliphatic carbocycles. The van der Waals surface area contributed by atoms with Gasteiger partial charge in [0.2, 0.25) is 5.91 Å². The summed E-state index contributed by atoms with van der Waals surface area (Å²) >= 11 is 0. The molecule has 0 saturated carbocycles. The Morgan fingerprint density at radius 3 is 2.74 bits per heavy atom. The molecule has 7 nitrogen and oxygen atoms in total. The minimum Gasteiger partial charge on any atom is -0.477 e. The van der Waals surface area contributed by atoms with Crippen molar-refractivity contribution in [1.82, 2.24) is 4.90 Å². The summed E-state index contributed by atoms with van der Waals surface area (Å²) < 4.78 is 0. The molecule has 1 fully saturated rings. The monoisotopic (exact) mass is 264 g/mol. The van der Waals surface area contributed by atoms with Crippen molar-refractivity contribution in [3.63, 3.8) is 0 Å². The Hall–Kier alpha value is -2.44. The van der Waals surface area contributed by atoms with Crippen molar-refractivity contribution in [2.45, 2.75) is 19.4 Å². The third kappa shape index (κ3) is 2.54. The summed E-state index contributed by atoms with van der Waals surface area (Å²) in [4.78, 5) is 34.4. The lowest BCUT2D eigenvalue weighted by Crippen LogP contribution is -2.25. The minimum atomic E-state index is -1.35. The molecule has 1 heterocycles. The Bertz CT molecular complexity index is 555. The van der Waals surface area contributed by atoms with Gasteiger partial charge in [-0.05, 0) is 12.0 Å². The quantitative estimate of drug-likeness (QED) is 0.654. The summed E-state index contributed by atoms with van der Waals surface area (Å²) in [6, 6.07) is 4.08. The van der Waals surface area contributed by atoms with E-state index < -0.39 is 16.6 Å². The molecule has 0 atom stereocenters. The van der Waals surface area contributed by atoms with E-state index in [1.54, 1.807) is 0 Å². The molecule has 7 heteroatoms. The number of carboxylic acids is 1. The minimum absolute atomic E-state index is 0.0529. The number of hydrogen-bond donors (Lipinski definition) is 1. The average Bonchev–Trinajstić information content (AvgIpc) is 2.74. The van der Waals surface area contributed by atoms with E-state index in [1.807, 2.05) is 0 Å². The third-order valence-electron chi connectivity index (χ3n) is 3.07. The smallest absolute Gasteiger partial charge is 0.343 e. The number of carbonyl (C=O) groups excluding carboxylic acids is 1. The molecule has 1 aliphatic heterocycles. The number of nitro benzene ring substituents is 1. The number of nitrogens with zero attached hydrogens (tertiary/aromatic N) is 2. The highest BCUT2D eigenvalue weighted by molar-refractivity contribution is 5.94. The van der Waals surface area contributed by atoms with Crippen LogP contribution in [0, 0.1) is 10.1 Å². The second kappa shape index (κ2) is 5.05. The maximum atomic E-state index is 11.5. The number of carboxylic acid groups (broad SMARTS) is 1. The largest absolute Gasteiger partial charge is 0.477 e. The number of aromatic carboxylic acids is 1. The Morgan fingerprint density at radius 1 is 1.47 bits per heavy atom. The number of nitro groups is 1. The lowest BCUT2D eigenvalue weighted by molar-refractivity contribution is -0.385. The first-order valence-corrected chi connectivity index (χ1v) is 5.78. The van der Waals surface area contributed by atoms with Crippen LogP contribution in [0.1, 0.15) is 28.8 Å². The van der Waals surface area contributed by atoms with Crippen LogP contribution in [0.15, 0.2) is 18.2 Å². The van der Waals surface area contributed by atoms with Gasteiger partial charge in [0.25, 0.3) is 5.69 Å². The van der Waals surface area contributed by atoms with Gasteiger partial charge in [0.05, 0.1) is 4.92 Å². The fourth-order valence-corrected chi connectivity index (χ4v) is 2.19. The molecule has 1 amide bonds. The first-order chi connectivity index (χ1) is 9.00. The van der Waals surface area contributed by atoms with Gasteiger partial charge in [-0.3, -0.25) is 14.9 Å². The molecule has 0 unspecified atom stereocenters. The summed E-state index contributed by atoms with van der Waals surface area (Å²) in [6.07, 6.45) is 1.17. The summed E-state index contributed by atoms with van der Waals surface area (Å²) in [7, 11) is 0. The van der Waals surface area contributed by atoms with E-state index in [0.29, 0.717) is 13.0 Å². The number of hydrogen-bond acceptors (Lipinski definition) is 4. The van der Waals surface area contributed by atoms with Gasteiger partial charge in [0.15, 0.2) is 0 Å². The van der Waals surface area contributed by atoms with Crippen LogP contribution in [0.4, 0.5) is 5.69 Å². The van der Waals surface area contributed by atoms with Crippen LogP contribution in [-0.4, -0.2) is 33.4 Å². The van der Waals surface area contributed by atoms with Crippen LogP contribution in [0.3, 0.4) is 0 Å². The van der Waals surface area contributed by atoms with Gasteiger partial charge in [-0.2, -0.15) is 0 Å². The van der Waals surface area contributed by atoms with Gasteiger partial charge < -0.3 is 10.0 Å². The number of benzene rings is 1. The van der Waals surface area contributed by atoms with Crippen LogP contribution < -0.4 is 0 Å². The van der Waals surface area contributed by atoms with Gasteiger partial charge in [-0.25, -0.2) is 4.79 Å². The fourth-order valence-electron chi connectivity index (χ4n) is 2.19. The molecule has 0 radical (unpaired) electrons. The topological polar surface area (TPSA) is 101 Å². The Labute approximate surface area is 108 Å². The highest BCUT2D eigenvalue weighted by atomic mass is 16.6. The van der Waals surface area contributed by atoms with Gasteiger partial charge in [0, 0.05) is 25.6 Å². The molecular formula is C12H12N2O5. The third-order valence-corrected chi connectivity index (χ3v) is 3.07. The van der Waals surface area contributed by atoms with Crippen molar-refractivity contribution in [2.75, 3.05) is 6.54 Å². The van der Waals surface area contributed by atoms with Gasteiger partial charge in [0.1, 0.15) is 5.56 Å². The van der Waals surface area contributed by atoms with Crippen LogP contribution in [0.5, 0.6) is 0 Å². The van der Waals surface area contributed by atoms with Crippen molar-refractivity contribution >= 4 is 17.6 Å². The van der Waals surface area contributed by atoms with E-state index in [1.165, 1.54) is 17.0 Å². The molecule has 1 aromatic carbocycles. The lowest BCUT2D eigenvalue weighted by Gasteiger charge is -2.16. The zero-order valence-electron chi connectivity index (χ0n) is 10.0. The number of likely N-dealkylation sites (tertiary alicyclic amines) is 1. The molecule has 1 aliphatic rings. The Morgan fingerprint density at radius 2 is 2.21 bits per heavy atom. The van der Waals surface area contributed by atoms with Gasteiger partial charge in [-0.15, -0.1) is 0 Å². The zero-order chi connectivity index (χ0) is 14.0. The van der Waals surface area contributed by atoms with Crippen molar-refractivity contribution in [2.24, 2.45) is 0 Å². The summed E-state index contributed by atoms with van der Waals surface area (Å²) in [6.45, 7) is 0.655. The first kappa shape index (κ1) is 13.0. The summed E-state index contributed by atoms with van der Waals surface area (Å²) in [5, 5.41) is 20.0. The molecule has 0 aromatic heterocycles. The van der Waals surface area contributed by atoms with Crippen molar-refractivity contribution in [1.29, 1.82) is 0 Å². The van der Waals surface area contributed by atoms with E-state index in [-0.39, 0.29) is 23.6 Å². The number of amides is 1. The highest BCUT2D eigenvalue weighted by Gasteiger charge is 2.27. The number of carbonyl (C=O) groups is 2. The average molecular weight is 264 g/mol. The van der Waals surface area contributed by atoms with Crippen LogP contribution in [-0.2, 0) is 11.3 Å². The molecule has 100 valence electrons. The molecule has 0 bridgehead atoms. The SMILES string of the molecule is O=C(O)c1c(CN2CCCC2=O)cccc1[N+](=O)[O-]. The molecule has 1 N–H and O–H groups in total. The maximum absolute atomic E-state index is 11.5. The van der Waals surface area contributed by atoms with Crippen LogP contribution in [0.25, 0.3) is 0 Å². The zero-order valence-corrected chi connectivity index (χ0v) is 10.0. The summed E-state index contributed by atoms with van der Waals surface area (Å²) in [5.74, 6) is -1.41. The molecule has 0 spiro atoms. The fraction of sp³-hybridized carbons (Fsp3) is 0.333. The summed E-state index contributed by atoms with van der Waals surface area (Å²) in [5.41, 5.74) is -0.499. The second-order valence-corrected chi connectivity index (χ2v) is 4.29.